The summed E-state index contributed by atoms with van der Waals surface area (Å²) in [5.74, 6) is 0.743. The van der Waals surface area contributed by atoms with Crippen molar-refractivity contribution in [3.8, 4) is 5.75 Å². The van der Waals surface area contributed by atoms with Gasteiger partial charge in [-0.2, -0.15) is 0 Å². The molecule has 3 amide bonds. The second-order valence-electron chi connectivity index (χ2n) is 8.36. The lowest BCUT2D eigenvalue weighted by Crippen LogP contribution is -2.52. The van der Waals surface area contributed by atoms with Crippen LogP contribution in [0.2, 0.25) is 0 Å². The van der Waals surface area contributed by atoms with Crippen molar-refractivity contribution in [1.82, 2.24) is 10.2 Å². The predicted molar refractivity (Wildman–Crippen MR) is 124 cm³/mol. The van der Waals surface area contributed by atoms with Crippen molar-refractivity contribution in [1.29, 1.82) is 0 Å². The third-order valence-corrected chi connectivity index (χ3v) is 6.72. The van der Waals surface area contributed by atoms with Gasteiger partial charge in [-0.1, -0.05) is 40.2 Å². The van der Waals surface area contributed by atoms with E-state index in [0.717, 1.165) is 27.0 Å². The molecule has 6 nitrogen and oxygen atoms in total. The highest BCUT2D eigenvalue weighted by Gasteiger charge is 2.34. The predicted octanol–water partition coefficient (Wildman–Crippen LogP) is 4.49. The Balaban J connectivity index is 1.35. The van der Waals surface area contributed by atoms with E-state index in [0.29, 0.717) is 39.0 Å². The van der Waals surface area contributed by atoms with E-state index in [-0.39, 0.29) is 24.0 Å². The Morgan fingerprint density at radius 1 is 1.16 bits per heavy atom. The Labute approximate surface area is 191 Å². The number of likely N-dealkylation sites (tertiary alicyclic amines) is 1. The van der Waals surface area contributed by atoms with Crippen LogP contribution < -0.4 is 15.0 Å². The molecule has 0 radical (unpaired) electrons. The molecule has 1 fully saturated rings. The van der Waals surface area contributed by atoms with Crippen molar-refractivity contribution in [2.45, 2.75) is 39.3 Å². The smallest absolute Gasteiger partial charge is 0.324 e. The highest BCUT2D eigenvalue weighted by Crippen LogP contribution is 2.35. The maximum absolute atomic E-state index is 13.3. The maximum atomic E-state index is 13.3. The molecule has 0 bridgehead atoms. The average Bonchev–Trinajstić information content (AvgIpc) is 2.77. The van der Waals surface area contributed by atoms with Gasteiger partial charge in [-0.15, -0.1) is 0 Å². The van der Waals surface area contributed by atoms with E-state index in [1.807, 2.05) is 66.1 Å². The van der Waals surface area contributed by atoms with Crippen LogP contribution >= 0.6 is 15.9 Å². The summed E-state index contributed by atoms with van der Waals surface area (Å²) in [6.45, 7) is 6.18. The number of aryl methyl sites for hydroxylation is 1. The number of nitrogens with zero attached hydrogens (tertiary/aromatic N) is 2. The number of carbonyl (C=O) groups is 2. The number of piperidine rings is 1. The average molecular weight is 486 g/mol. The van der Waals surface area contributed by atoms with E-state index in [1.54, 1.807) is 0 Å². The Bertz CT molecular complexity index is 972. The SMILES string of the molecule is Cc1ccc2c(c1)N(C(=O)N1CCC(C(=O)NCc3ccccc3Br)CC1)CC(C)O2. The first-order valence-corrected chi connectivity index (χ1v) is 11.6. The molecule has 0 spiro atoms. The van der Waals surface area contributed by atoms with Crippen molar-refractivity contribution < 1.29 is 14.3 Å². The third kappa shape index (κ3) is 4.87. The largest absolute Gasteiger partial charge is 0.487 e. The zero-order chi connectivity index (χ0) is 22.0. The molecule has 2 aliphatic rings. The van der Waals surface area contributed by atoms with Gasteiger partial charge in [0.15, 0.2) is 0 Å². The first-order chi connectivity index (χ1) is 14.9. The van der Waals surface area contributed by atoms with Crippen molar-refractivity contribution >= 4 is 33.6 Å². The van der Waals surface area contributed by atoms with Crippen LogP contribution in [-0.2, 0) is 11.3 Å². The van der Waals surface area contributed by atoms with Crippen LogP contribution in [0.3, 0.4) is 0 Å². The lowest BCUT2D eigenvalue weighted by atomic mass is 9.96. The summed E-state index contributed by atoms with van der Waals surface area (Å²) in [6, 6.07) is 13.8. The summed E-state index contributed by atoms with van der Waals surface area (Å²) in [5.41, 5.74) is 2.98. The number of hydrogen-bond donors (Lipinski definition) is 1. The molecule has 2 aromatic carbocycles. The van der Waals surface area contributed by atoms with Crippen LogP contribution in [-0.4, -0.2) is 42.6 Å². The lowest BCUT2D eigenvalue weighted by Gasteiger charge is -2.39. The van der Waals surface area contributed by atoms with Gasteiger partial charge in [0.05, 0.1) is 12.2 Å². The summed E-state index contributed by atoms with van der Waals surface area (Å²) in [7, 11) is 0. The highest BCUT2D eigenvalue weighted by atomic mass is 79.9. The van der Waals surface area contributed by atoms with E-state index in [4.69, 9.17) is 4.74 Å². The number of carbonyl (C=O) groups excluding carboxylic acids is 2. The van der Waals surface area contributed by atoms with Crippen LogP contribution in [0.5, 0.6) is 5.75 Å². The van der Waals surface area contributed by atoms with Crippen LogP contribution in [0, 0.1) is 12.8 Å². The fraction of sp³-hybridized carbons (Fsp3) is 0.417. The molecule has 7 heteroatoms. The zero-order valence-electron chi connectivity index (χ0n) is 17.9. The molecular formula is C24H28BrN3O3. The summed E-state index contributed by atoms with van der Waals surface area (Å²) < 4.78 is 6.90. The van der Waals surface area contributed by atoms with Gasteiger partial charge in [-0.3, -0.25) is 9.69 Å². The number of fused-ring (bicyclic) bond motifs is 1. The van der Waals surface area contributed by atoms with E-state index in [9.17, 15) is 9.59 Å². The molecule has 0 aromatic heterocycles. The first-order valence-electron chi connectivity index (χ1n) is 10.8. The Hall–Kier alpha value is -2.54. The normalized spacial score (nSPS) is 18.9. The number of amides is 3. The Morgan fingerprint density at radius 2 is 1.90 bits per heavy atom. The minimum atomic E-state index is -0.0651. The topological polar surface area (TPSA) is 61.9 Å². The number of hydrogen-bond acceptors (Lipinski definition) is 3. The Morgan fingerprint density at radius 3 is 2.65 bits per heavy atom. The summed E-state index contributed by atoms with van der Waals surface area (Å²) >= 11 is 3.52. The maximum Gasteiger partial charge on any atom is 0.324 e. The number of ether oxygens (including phenoxy) is 1. The van der Waals surface area contributed by atoms with E-state index in [1.165, 1.54) is 0 Å². The highest BCUT2D eigenvalue weighted by molar-refractivity contribution is 9.10. The fourth-order valence-corrected chi connectivity index (χ4v) is 4.63. The number of urea groups is 1. The first kappa shape index (κ1) is 21.7. The molecule has 31 heavy (non-hydrogen) atoms. The molecule has 0 aliphatic carbocycles. The number of rotatable bonds is 3. The van der Waals surface area contributed by atoms with Gasteiger partial charge in [0, 0.05) is 30.0 Å². The third-order valence-electron chi connectivity index (χ3n) is 5.95. The molecule has 1 unspecified atom stereocenters. The molecule has 2 aromatic rings. The molecule has 1 saturated heterocycles. The minimum Gasteiger partial charge on any atom is -0.487 e. The zero-order valence-corrected chi connectivity index (χ0v) is 19.5. The molecule has 2 heterocycles. The summed E-state index contributed by atoms with van der Waals surface area (Å²) in [5, 5.41) is 3.04. The second-order valence-corrected chi connectivity index (χ2v) is 9.22. The van der Waals surface area contributed by atoms with Crippen molar-refractivity contribution in [2.75, 3.05) is 24.5 Å². The lowest BCUT2D eigenvalue weighted by molar-refractivity contribution is -0.126. The van der Waals surface area contributed by atoms with Gasteiger partial charge < -0.3 is 15.0 Å². The van der Waals surface area contributed by atoms with Gasteiger partial charge in [0.25, 0.3) is 0 Å². The number of halogens is 1. The molecular weight excluding hydrogens is 458 g/mol. The van der Waals surface area contributed by atoms with Gasteiger partial charge in [0.1, 0.15) is 11.9 Å². The van der Waals surface area contributed by atoms with Crippen LogP contribution in [0.15, 0.2) is 46.9 Å². The van der Waals surface area contributed by atoms with Crippen molar-refractivity contribution in [3.05, 3.63) is 58.1 Å². The minimum absolute atomic E-state index is 0.00549. The van der Waals surface area contributed by atoms with Gasteiger partial charge in [0.2, 0.25) is 5.91 Å². The van der Waals surface area contributed by atoms with Crippen LogP contribution in [0.1, 0.15) is 30.9 Å². The number of anilines is 1. The van der Waals surface area contributed by atoms with E-state index in [2.05, 4.69) is 21.2 Å². The van der Waals surface area contributed by atoms with Crippen LogP contribution in [0.4, 0.5) is 10.5 Å². The van der Waals surface area contributed by atoms with Gasteiger partial charge in [-0.25, -0.2) is 4.79 Å². The van der Waals surface area contributed by atoms with E-state index >= 15 is 0 Å². The van der Waals surface area contributed by atoms with Gasteiger partial charge in [-0.05, 0) is 56.0 Å². The van der Waals surface area contributed by atoms with Crippen molar-refractivity contribution in [2.24, 2.45) is 5.92 Å². The number of benzene rings is 2. The van der Waals surface area contributed by atoms with Gasteiger partial charge >= 0.3 is 6.03 Å². The molecule has 164 valence electrons. The van der Waals surface area contributed by atoms with E-state index < -0.39 is 0 Å². The van der Waals surface area contributed by atoms with Crippen molar-refractivity contribution in [3.63, 3.8) is 0 Å². The molecule has 0 saturated carbocycles. The van der Waals surface area contributed by atoms with Crippen LogP contribution in [0.25, 0.3) is 0 Å². The Kier molecular flexibility index (Phi) is 6.51. The molecule has 1 N–H and O–H groups in total. The standard InChI is InChI=1S/C24H28BrN3O3/c1-16-7-8-22-21(13-16)28(15-17(2)31-22)24(30)27-11-9-18(10-12-27)23(29)26-14-19-5-3-4-6-20(19)25/h3-8,13,17-18H,9-12,14-15H2,1-2H3,(H,26,29). The summed E-state index contributed by atoms with van der Waals surface area (Å²) in [6.07, 6.45) is 1.29. The fourth-order valence-electron chi connectivity index (χ4n) is 4.20. The summed E-state index contributed by atoms with van der Waals surface area (Å²) in [4.78, 5) is 29.6. The molecule has 4 rings (SSSR count). The second kappa shape index (κ2) is 9.30. The quantitative estimate of drug-likeness (QED) is 0.696. The number of nitrogens with one attached hydrogen (secondary N) is 1. The molecule has 2 aliphatic heterocycles. The molecule has 1 atom stereocenters. The monoisotopic (exact) mass is 485 g/mol.